The van der Waals surface area contributed by atoms with Gasteiger partial charge in [0.1, 0.15) is 12.2 Å². The highest BCUT2D eigenvalue weighted by Crippen LogP contribution is 2.36. The number of rotatable bonds is 6. The van der Waals surface area contributed by atoms with Crippen molar-refractivity contribution in [3.63, 3.8) is 0 Å². The van der Waals surface area contributed by atoms with Crippen LogP contribution in [0.3, 0.4) is 0 Å². The maximum absolute atomic E-state index is 13.1. The third-order valence-electron chi connectivity index (χ3n) is 5.24. The number of imide groups is 2. The Hall–Kier alpha value is -4.21. The number of aryl methyl sites for hydroxylation is 1. The van der Waals surface area contributed by atoms with Gasteiger partial charge in [-0.2, -0.15) is 0 Å². The van der Waals surface area contributed by atoms with Gasteiger partial charge in [-0.3, -0.25) is 25.0 Å². The fraction of sp³-hybridized carbons (Fsp3) is 0.0800. The maximum atomic E-state index is 13.1. The number of carbonyl (C=O) groups excluding carboxylic acids is 3. The highest BCUT2D eigenvalue weighted by atomic mass is 35.5. The molecule has 182 valence electrons. The number of carbonyl (C=O) groups is 3. The second-order valence-electron chi connectivity index (χ2n) is 7.82. The molecule has 11 heteroatoms. The quantitative estimate of drug-likeness (QED) is 0.197. The van der Waals surface area contributed by atoms with Gasteiger partial charge in [-0.1, -0.05) is 59.1 Å². The predicted molar refractivity (Wildman–Crippen MR) is 134 cm³/mol. The van der Waals surface area contributed by atoms with E-state index in [0.717, 1.165) is 17.2 Å². The van der Waals surface area contributed by atoms with E-state index in [9.17, 15) is 24.5 Å². The van der Waals surface area contributed by atoms with E-state index < -0.39 is 22.8 Å². The molecule has 0 spiro atoms. The molecule has 0 aliphatic carbocycles. The van der Waals surface area contributed by atoms with Crippen molar-refractivity contribution in [2.75, 3.05) is 4.90 Å². The highest BCUT2D eigenvalue weighted by molar-refractivity contribution is 6.40. The van der Waals surface area contributed by atoms with Crippen molar-refractivity contribution >= 4 is 58.5 Å². The van der Waals surface area contributed by atoms with E-state index in [1.165, 1.54) is 36.4 Å². The zero-order valence-corrected chi connectivity index (χ0v) is 20.2. The van der Waals surface area contributed by atoms with E-state index in [0.29, 0.717) is 10.5 Å². The van der Waals surface area contributed by atoms with Crippen LogP contribution < -0.4 is 15.0 Å². The third kappa shape index (κ3) is 5.22. The van der Waals surface area contributed by atoms with Gasteiger partial charge in [0.15, 0.2) is 5.75 Å². The molecule has 0 saturated carbocycles. The van der Waals surface area contributed by atoms with Gasteiger partial charge in [0, 0.05) is 12.1 Å². The Bertz CT molecular complexity index is 1410. The molecular formula is C25H17Cl2N3O6. The van der Waals surface area contributed by atoms with E-state index in [1.54, 1.807) is 0 Å². The molecule has 0 aromatic heterocycles. The molecule has 1 saturated heterocycles. The number of barbiturate groups is 1. The average Bonchev–Trinajstić information content (AvgIpc) is 2.82. The first kappa shape index (κ1) is 24.9. The van der Waals surface area contributed by atoms with Gasteiger partial charge in [-0.05, 0) is 42.3 Å². The van der Waals surface area contributed by atoms with Crippen LogP contribution in [0.1, 0.15) is 16.7 Å². The topological polar surface area (TPSA) is 119 Å². The number of nitrogens with one attached hydrogen (secondary N) is 1. The number of anilines is 1. The Morgan fingerprint density at radius 1 is 1.03 bits per heavy atom. The largest absolute Gasteiger partial charge is 0.486 e. The summed E-state index contributed by atoms with van der Waals surface area (Å²) in [4.78, 5) is 49.0. The predicted octanol–water partition coefficient (Wildman–Crippen LogP) is 5.46. The van der Waals surface area contributed by atoms with Crippen LogP contribution in [0, 0.1) is 17.0 Å². The molecule has 1 aliphatic rings. The van der Waals surface area contributed by atoms with Crippen LogP contribution in [0.5, 0.6) is 5.75 Å². The molecule has 4 rings (SSSR count). The average molecular weight is 526 g/mol. The Labute approximate surface area is 215 Å². The molecule has 0 atom stereocenters. The van der Waals surface area contributed by atoms with Crippen LogP contribution in [-0.2, 0) is 16.2 Å². The zero-order valence-electron chi connectivity index (χ0n) is 18.7. The van der Waals surface area contributed by atoms with Crippen LogP contribution >= 0.6 is 23.2 Å². The maximum Gasteiger partial charge on any atom is 0.335 e. The summed E-state index contributed by atoms with van der Waals surface area (Å²) in [5, 5.41) is 13.4. The lowest BCUT2D eigenvalue weighted by molar-refractivity contribution is -0.384. The summed E-state index contributed by atoms with van der Waals surface area (Å²) in [6.45, 7) is 2.20. The van der Waals surface area contributed by atoms with E-state index in [2.05, 4.69) is 5.32 Å². The van der Waals surface area contributed by atoms with Gasteiger partial charge in [0.25, 0.3) is 17.5 Å². The Morgan fingerprint density at radius 2 is 1.69 bits per heavy atom. The Kier molecular flexibility index (Phi) is 7.05. The van der Waals surface area contributed by atoms with Crippen LogP contribution in [0.25, 0.3) is 6.08 Å². The number of urea groups is 1. The SMILES string of the molecule is Cc1ccc(COc2c(Cl)cc(/C=C3\C(=O)NC(=O)N(c4cccc([N+](=O)[O-])c4)C3=O)cc2Cl)cc1. The monoisotopic (exact) mass is 525 g/mol. The summed E-state index contributed by atoms with van der Waals surface area (Å²) in [5.74, 6) is -1.66. The van der Waals surface area contributed by atoms with Crippen molar-refractivity contribution < 1.29 is 24.0 Å². The van der Waals surface area contributed by atoms with Gasteiger partial charge in [0.2, 0.25) is 0 Å². The molecular weight excluding hydrogens is 509 g/mol. The van der Waals surface area contributed by atoms with Crippen LogP contribution in [0.4, 0.5) is 16.2 Å². The number of amides is 4. The molecule has 0 unspecified atom stereocenters. The van der Waals surface area contributed by atoms with Crippen molar-refractivity contribution in [1.82, 2.24) is 5.32 Å². The highest BCUT2D eigenvalue weighted by Gasteiger charge is 2.37. The number of nitrogens with zero attached hydrogens (tertiary/aromatic N) is 2. The zero-order chi connectivity index (χ0) is 26.0. The van der Waals surface area contributed by atoms with Crippen LogP contribution in [0.15, 0.2) is 66.2 Å². The van der Waals surface area contributed by atoms with Crippen molar-refractivity contribution in [3.8, 4) is 5.75 Å². The van der Waals surface area contributed by atoms with Gasteiger partial charge in [-0.25, -0.2) is 9.69 Å². The molecule has 0 bridgehead atoms. The molecule has 1 fully saturated rings. The van der Waals surface area contributed by atoms with Crippen molar-refractivity contribution in [3.05, 3.63) is 103 Å². The summed E-state index contributed by atoms with van der Waals surface area (Å²) in [7, 11) is 0. The van der Waals surface area contributed by atoms with Gasteiger partial charge >= 0.3 is 6.03 Å². The summed E-state index contributed by atoms with van der Waals surface area (Å²) in [6, 6.07) is 14.5. The first-order chi connectivity index (χ1) is 17.1. The number of ether oxygens (including phenoxy) is 1. The minimum Gasteiger partial charge on any atom is -0.486 e. The number of hydrogen-bond acceptors (Lipinski definition) is 6. The Morgan fingerprint density at radius 3 is 2.33 bits per heavy atom. The first-order valence-corrected chi connectivity index (χ1v) is 11.2. The molecule has 1 aliphatic heterocycles. The molecule has 1 heterocycles. The van der Waals surface area contributed by atoms with Crippen LogP contribution in [0.2, 0.25) is 10.0 Å². The standard InChI is InChI=1S/C25H17Cl2N3O6/c1-14-5-7-15(8-6-14)13-36-22-20(26)10-16(11-21(22)27)9-19-23(31)28-25(33)29(24(19)32)17-3-2-4-18(12-17)30(34)35/h2-12H,13H2,1H3,(H,28,31,33)/b19-9+. The summed E-state index contributed by atoms with van der Waals surface area (Å²) in [6.07, 6.45) is 1.22. The molecule has 3 aromatic rings. The number of non-ortho nitro benzene ring substituents is 1. The first-order valence-electron chi connectivity index (χ1n) is 10.5. The van der Waals surface area contributed by atoms with Gasteiger partial charge in [0.05, 0.1) is 20.7 Å². The number of nitro groups is 1. The molecule has 9 nitrogen and oxygen atoms in total. The molecule has 3 aromatic carbocycles. The minimum atomic E-state index is -1.03. The normalized spacial score (nSPS) is 14.7. The van der Waals surface area contributed by atoms with E-state index in [-0.39, 0.29) is 39.3 Å². The fourth-order valence-electron chi connectivity index (χ4n) is 3.44. The lowest BCUT2D eigenvalue weighted by Crippen LogP contribution is -2.54. The lowest BCUT2D eigenvalue weighted by Gasteiger charge is -2.26. The molecule has 0 radical (unpaired) electrons. The molecule has 36 heavy (non-hydrogen) atoms. The van der Waals surface area contributed by atoms with E-state index >= 15 is 0 Å². The van der Waals surface area contributed by atoms with Crippen molar-refractivity contribution in [2.24, 2.45) is 0 Å². The van der Waals surface area contributed by atoms with E-state index in [1.807, 2.05) is 31.2 Å². The van der Waals surface area contributed by atoms with Gasteiger partial charge in [-0.15, -0.1) is 0 Å². The summed E-state index contributed by atoms with van der Waals surface area (Å²) < 4.78 is 5.76. The van der Waals surface area contributed by atoms with Crippen molar-refractivity contribution in [2.45, 2.75) is 13.5 Å². The van der Waals surface area contributed by atoms with E-state index in [4.69, 9.17) is 27.9 Å². The number of benzene rings is 3. The van der Waals surface area contributed by atoms with Crippen molar-refractivity contribution in [1.29, 1.82) is 0 Å². The number of halogens is 2. The number of nitro benzene ring substituents is 1. The second-order valence-corrected chi connectivity index (χ2v) is 8.64. The summed E-state index contributed by atoms with van der Waals surface area (Å²) >= 11 is 12.7. The fourth-order valence-corrected chi connectivity index (χ4v) is 4.06. The van der Waals surface area contributed by atoms with Crippen LogP contribution in [-0.4, -0.2) is 22.8 Å². The molecule has 1 N–H and O–H groups in total. The summed E-state index contributed by atoms with van der Waals surface area (Å²) in [5.41, 5.74) is 1.55. The lowest BCUT2D eigenvalue weighted by atomic mass is 10.1. The smallest absolute Gasteiger partial charge is 0.335 e. The van der Waals surface area contributed by atoms with Gasteiger partial charge < -0.3 is 4.74 Å². The molecule has 4 amide bonds. The number of hydrogen-bond donors (Lipinski definition) is 1. The Balaban J connectivity index is 1.61. The third-order valence-corrected chi connectivity index (χ3v) is 5.80. The second kappa shape index (κ2) is 10.2. The minimum absolute atomic E-state index is 0.0685.